The Hall–Kier alpha value is 0.220. The van der Waals surface area contributed by atoms with Crippen LogP contribution in [0.4, 0.5) is 0 Å². The van der Waals surface area contributed by atoms with Crippen LogP contribution in [0.3, 0.4) is 0 Å². The maximum Gasteiger partial charge on any atom is 0.327 e. The van der Waals surface area contributed by atoms with Crippen LogP contribution in [0.25, 0.3) is 0 Å². The van der Waals surface area contributed by atoms with Crippen molar-refractivity contribution in [1.29, 1.82) is 0 Å². The highest BCUT2D eigenvalue weighted by Gasteiger charge is 2.46. The van der Waals surface area contributed by atoms with Crippen molar-refractivity contribution in [2.45, 2.75) is 58.8 Å². The van der Waals surface area contributed by atoms with E-state index < -0.39 is 44.8 Å². The van der Waals surface area contributed by atoms with Gasteiger partial charge in [-0.15, -0.1) is 0 Å². The van der Waals surface area contributed by atoms with Gasteiger partial charge in [0.05, 0.1) is 12.3 Å². The summed E-state index contributed by atoms with van der Waals surface area (Å²) in [5.41, 5.74) is -2.04. The molecule has 0 heterocycles. The molecule has 22 heavy (non-hydrogen) atoms. The number of hydrogen-bond acceptors (Lipinski definition) is 4. The van der Waals surface area contributed by atoms with E-state index in [2.05, 4.69) is 0 Å². The van der Waals surface area contributed by atoms with E-state index in [0.29, 0.717) is 6.61 Å². The first-order chi connectivity index (χ1) is 9.52. The lowest BCUT2D eigenvalue weighted by Crippen LogP contribution is -2.62. The molecule has 134 valence electrons. The molecule has 10 heteroatoms. The molecule has 0 aliphatic heterocycles. The molecule has 0 radical (unpaired) electrons. The zero-order chi connectivity index (χ0) is 18.0. The third-order valence-electron chi connectivity index (χ3n) is 3.26. The fourth-order valence-electron chi connectivity index (χ4n) is 3.28. The second-order valence-corrected chi connectivity index (χ2v) is 9.99. The third-order valence-corrected chi connectivity index (χ3v) is 5.63. The van der Waals surface area contributed by atoms with Crippen molar-refractivity contribution in [3.63, 3.8) is 0 Å². The highest BCUT2D eigenvalue weighted by Crippen LogP contribution is 2.46. The summed E-state index contributed by atoms with van der Waals surface area (Å²) in [6.07, 6.45) is -1.45. The van der Waals surface area contributed by atoms with Gasteiger partial charge in [0, 0.05) is 17.7 Å². The van der Waals surface area contributed by atoms with Crippen LogP contribution in [0, 0.1) is 0 Å². The molecule has 0 spiro atoms. The van der Waals surface area contributed by atoms with Crippen molar-refractivity contribution < 1.29 is 33.4 Å². The molecule has 0 aliphatic carbocycles. The molecule has 0 aromatic heterocycles. The van der Waals surface area contributed by atoms with Gasteiger partial charge < -0.3 is 24.3 Å². The van der Waals surface area contributed by atoms with Crippen LogP contribution in [0.2, 0.25) is 0 Å². The van der Waals surface area contributed by atoms with Gasteiger partial charge in [0.1, 0.15) is 6.23 Å². The fourth-order valence-corrected chi connectivity index (χ4v) is 5.60. The SMILES string of the molecule is CCOC(C)N(C(C)(C)CP(=O)(O)O)C(C)(C)CP(=O)(O)O. The summed E-state index contributed by atoms with van der Waals surface area (Å²) in [5, 5.41) is 0. The van der Waals surface area contributed by atoms with Gasteiger partial charge in [-0.2, -0.15) is 0 Å². The minimum atomic E-state index is -4.31. The summed E-state index contributed by atoms with van der Waals surface area (Å²) in [5.74, 6) is 0. The molecule has 0 aromatic carbocycles. The standard InChI is InChI=1S/C12H29NO7P2/c1-7-20-10(2)13(11(3,4)8-21(14,15)16)12(5,6)9-22(17,18)19/h10H,7-9H2,1-6H3,(H2,14,15,16)(H2,17,18,19). The Morgan fingerprint density at radius 2 is 1.27 bits per heavy atom. The molecule has 0 fully saturated rings. The highest BCUT2D eigenvalue weighted by molar-refractivity contribution is 7.52. The van der Waals surface area contributed by atoms with E-state index in [1.807, 2.05) is 0 Å². The third kappa shape index (κ3) is 7.66. The van der Waals surface area contributed by atoms with Gasteiger partial charge >= 0.3 is 15.2 Å². The van der Waals surface area contributed by atoms with Gasteiger partial charge in [0.25, 0.3) is 0 Å². The van der Waals surface area contributed by atoms with Crippen molar-refractivity contribution in [2.75, 3.05) is 18.9 Å². The van der Waals surface area contributed by atoms with E-state index in [0.717, 1.165) is 0 Å². The van der Waals surface area contributed by atoms with Crippen LogP contribution in [-0.2, 0) is 13.9 Å². The lowest BCUT2D eigenvalue weighted by Gasteiger charge is -2.51. The zero-order valence-electron chi connectivity index (χ0n) is 14.1. The molecule has 0 saturated carbocycles. The predicted octanol–water partition coefficient (Wildman–Crippen LogP) is 1.58. The van der Waals surface area contributed by atoms with Gasteiger partial charge in [0.2, 0.25) is 0 Å². The van der Waals surface area contributed by atoms with E-state index >= 15 is 0 Å². The average Bonchev–Trinajstić information content (AvgIpc) is 2.06. The number of rotatable bonds is 9. The van der Waals surface area contributed by atoms with Crippen LogP contribution >= 0.6 is 15.2 Å². The van der Waals surface area contributed by atoms with E-state index in [9.17, 15) is 28.7 Å². The largest absolute Gasteiger partial charge is 0.364 e. The maximum atomic E-state index is 11.4. The van der Waals surface area contributed by atoms with Gasteiger partial charge in [-0.25, -0.2) is 0 Å². The molecule has 0 aromatic rings. The minimum Gasteiger partial charge on any atom is -0.364 e. The highest BCUT2D eigenvalue weighted by atomic mass is 31.2. The smallest absolute Gasteiger partial charge is 0.327 e. The minimum absolute atomic E-state index is 0.371. The maximum absolute atomic E-state index is 11.4. The summed E-state index contributed by atoms with van der Waals surface area (Å²) >= 11 is 0. The molecule has 8 nitrogen and oxygen atoms in total. The number of nitrogens with zero attached hydrogens (tertiary/aromatic N) is 1. The molecule has 1 unspecified atom stereocenters. The van der Waals surface area contributed by atoms with Crippen LogP contribution in [-0.4, -0.2) is 60.7 Å². The number of hydrogen-bond donors (Lipinski definition) is 4. The van der Waals surface area contributed by atoms with E-state index in [4.69, 9.17) is 4.74 Å². The van der Waals surface area contributed by atoms with Crippen molar-refractivity contribution in [3.05, 3.63) is 0 Å². The lowest BCUT2D eigenvalue weighted by molar-refractivity contribution is -0.125. The van der Waals surface area contributed by atoms with Gasteiger partial charge in [-0.1, -0.05) is 0 Å². The van der Waals surface area contributed by atoms with E-state index in [1.165, 1.54) is 0 Å². The van der Waals surface area contributed by atoms with E-state index in [1.54, 1.807) is 46.4 Å². The quantitative estimate of drug-likeness (QED) is 0.360. The summed E-state index contributed by atoms with van der Waals surface area (Å²) in [4.78, 5) is 38.8. The first kappa shape index (κ1) is 22.2. The normalized spacial score (nSPS) is 16.1. The topological polar surface area (TPSA) is 128 Å². The second-order valence-electron chi connectivity index (χ2n) is 6.70. The molecule has 0 bridgehead atoms. The average molecular weight is 361 g/mol. The molecule has 0 aliphatic rings. The summed E-state index contributed by atoms with van der Waals surface area (Å²) in [6.45, 7) is 10.4. The van der Waals surface area contributed by atoms with Crippen molar-refractivity contribution >= 4 is 15.2 Å². The summed E-state index contributed by atoms with van der Waals surface area (Å²) in [7, 11) is -8.62. The van der Waals surface area contributed by atoms with Crippen LogP contribution < -0.4 is 0 Å². The zero-order valence-corrected chi connectivity index (χ0v) is 15.8. The van der Waals surface area contributed by atoms with Crippen molar-refractivity contribution in [2.24, 2.45) is 0 Å². The monoisotopic (exact) mass is 361 g/mol. The fraction of sp³-hybridized carbons (Fsp3) is 1.00. The van der Waals surface area contributed by atoms with Crippen molar-refractivity contribution in [1.82, 2.24) is 4.90 Å². The van der Waals surface area contributed by atoms with Gasteiger partial charge in [0.15, 0.2) is 0 Å². The van der Waals surface area contributed by atoms with Crippen LogP contribution in [0.5, 0.6) is 0 Å². The Bertz CT molecular complexity index is 418. The summed E-state index contributed by atoms with van der Waals surface area (Å²) in [6, 6.07) is 0. The Morgan fingerprint density at radius 3 is 1.50 bits per heavy atom. The van der Waals surface area contributed by atoms with Crippen LogP contribution in [0.1, 0.15) is 41.5 Å². The number of ether oxygens (including phenoxy) is 1. The van der Waals surface area contributed by atoms with Gasteiger partial charge in [-0.05, 0) is 41.5 Å². The van der Waals surface area contributed by atoms with Crippen molar-refractivity contribution in [3.8, 4) is 0 Å². The molecule has 0 saturated heterocycles. The first-order valence-corrected chi connectivity index (χ1v) is 10.6. The van der Waals surface area contributed by atoms with Crippen LogP contribution in [0.15, 0.2) is 0 Å². The Kier molecular flexibility index (Phi) is 7.48. The molecule has 0 amide bonds. The second kappa shape index (κ2) is 7.41. The molecular weight excluding hydrogens is 332 g/mol. The molecule has 1 atom stereocenters. The first-order valence-electron chi connectivity index (χ1n) is 7.02. The summed E-state index contributed by atoms with van der Waals surface area (Å²) < 4.78 is 28.4. The Balaban J connectivity index is 5.73. The Labute approximate surface area is 132 Å². The van der Waals surface area contributed by atoms with Gasteiger partial charge in [-0.3, -0.25) is 14.0 Å². The molecular formula is C12H29NO7P2. The lowest BCUT2D eigenvalue weighted by atomic mass is 9.95. The van der Waals surface area contributed by atoms with E-state index in [-0.39, 0.29) is 0 Å². The predicted molar refractivity (Wildman–Crippen MR) is 84.9 cm³/mol. The molecule has 4 N–H and O–H groups in total. The Morgan fingerprint density at radius 1 is 0.955 bits per heavy atom. The molecule has 0 rings (SSSR count).